The molecule has 0 bridgehead atoms. The van der Waals surface area contributed by atoms with Gasteiger partial charge in [-0.25, -0.2) is 13.6 Å². The number of aliphatic hydroxyl groups is 1. The molecule has 3 amide bonds. The minimum Gasteiger partial charge on any atom is -0.446 e. The molecular formula is C22H37F2N3O8S. The number of alkyl halides is 2. The molecule has 2 rings (SSSR count). The van der Waals surface area contributed by atoms with Crippen molar-refractivity contribution in [2.24, 2.45) is 17.8 Å². The zero-order chi connectivity index (χ0) is 27.3. The van der Waals surface area contributed by atoms with E-state index < -0.39 is 57.6 Å². The number of halogens is 2. The quantitative estimate of drug-likeness (QED) is 0.245. The molecule has 1 saturated heterocycles. The highest BCUT2D eigenvalue weighted by Gasteiger charge is 2.39. The molecule has 2 aliphatic rings. The van der Waals surface area contributed by atoms with Crippen LogP contribution in [0.25, 0.3) is 0 Å². The van der Waals surface area contributed by atoms with Crippen molar-refractivity contribution in [2.75, 3.05) is 6.54 Å². The van der Waals surface area contributed by atoms with E-state index >= 15 is 0 Å². The zero-order valence-electron chi connectivity index (χ0n) is 20.7. The summed E-state index contributed by atoms with van der Waals surface area (Å²) in [6.45, 7) is 5.51. The van der Waals surface area contributed by atoms with Gasteiger partial charge in [-0.3, -0.25) is 14.1 Å². The Kier molecular flexibility index (Phi) is 10.4. The van der Waals surface area contributed by atoms with Crippen molar-refractivity contribution in [3.05, 3.63) is 0 Å². The smallest absolute Gasteiger partial charge is 0.408 e. The normalized spacial score (nSPS) is 23.9. The minimum atomic E-state index is -4.97. The molecule has 36 heavy (non-hydrogen) atoms. The van der Waals surface area contributed by atoms with Crippen LogP contribution in [-0.2, 0) is 24.4 Å². The number of hydrogen-bond donors (Lipinski definition) is 5. The van der Waals surface area contributed by atoms with Gasteiger partial charge >= 0.3 is 6.09 Å². The van der Waals surface area contributed by atoms with E-state index in [0.29, 0.717) is 13.0 Å². The largest absolute Gasteiger partial charge is 0.446 e. The van der Waals surface area contributed by atoms with Crippen molar-refractivity contribution >= 4 is 28.0 Å². The number of rotatable bonds is 11. The van der Waals surface area contributed by atoms with Gasteiger partial charge in [0.15, 0.2) is 0 Å². The number of amides is 3. The number of hydrogen-bond acceptors (Lipinski definition) is 7. The van der Waals surface area contributed by atoms with Gasteiger partial charge in [-0.15, -0.1) is 0 Å². The van der Waals surface area contributed by atoms with Gasteiger partial charge in [-0.1, -0.05) is 13.8 Å². The lowest BCUT2D eigenvalue weighted by Gasteiger charge is -2.32. The van der Waals surface area contributed by atoms with Gasteiger partial charge in [0.25, 0.3) is 10.1 Å². The van der Waals surface area contributed by atoms with Gasteiger partial charge in [0, 0.05) is 25.3 Å². The molecule has 0 aromatic heterocycles. The predicted molar refractivity (Wildman–Crippen MR) is 124 cm³/mol. The Labute approximate surface area is 209 Å². The fraction of sp³-hybridized carbons (Fsp3) is 0.864. The summed E-state index contributed by atoms with van der Waals surface area (Å²) < 4.78 is 64.6. The molecule has 11 nitrogen and oxygen atoms in total. The SMILES string of the molecule is CC(C)C[C@H](NC(=O)O[C@@H](C)C1CCC(F)(F)CC1)C(=O)N[C@@H](C[C@@H]1CCNC1=O)[C@@H](O)S(=O)(=O)O. The van der Waals surface area contributed by atoms with Crippen molar-refractivity contribution in [2.45, 2.75) is 95.3 Å². The Balaban J connectivity index is 2.06. The van der Waals surface area contributed by atoms with Gasteiger partial charge in [0.1, 0.15) is 12.1 Å². The minimum absolute atomic E-state index is 0.0930. The van der Waals surface area contributed by atoms with Gasteiger partial charge in [-0.2, -0.15) is 8.42 Å². The van der Waals surface area contributed by atoms with Crippen LogP contribution in [0.15, 0.2) is 0 Å². The molecule has 0 radical (unpaired) electrons. The zero-order valence-corrected chi connectivity index (χ0v) is 21.5. The summed E-state index contributed by atoms with van der Waals surface area (Å²) in [6.07, 6.45) is -1.56. The van der Waals surface area contributed by atoms with Crippen molar-refractivity contribution in [1.29, 1.82) is 0 Å². The molecule has 208 valence electrons. The van der Waals surface area contributed by atoms with Crippen LogP contribution < -0.4 is 16.0 Å². The topological polar surface area (TPSA) is 171 Å². The van der Waals surface area contributed by atoms with E-state index in [1.807, 2.05) is 0 Å². The Morgan fingerprint density at radius 2 is 1.78 bits per heavy atom. The third-order valence-corrected chi connectivity index (χ3v) is 7.65. The van der Waals surface area contributed by atoms with E-state index in [9.17, 15) is 41.2 Å². The third kappa shape index (κ3) is 9.11. The molecular weight excluding hydrogens is 504 g/mol. The molecule has 1 saturated carbocycles. The number of carbonyl (C=O) groups excluding carboxylic acids is 3. The van der Waals surface area contributed by atoms with Crippen LogP contribution in [0.5, 0.6) is 0 Å². The first kappa shape index (κ1) is 30.2. The van der Waals surface area contributed by atoms with Gasteiger partial charge < -0.3 is 25.8 Å². The first-order valence-electron chi connectivity index (χ1n) is 12.2. The molecule has 1 aliphatic carbocycles. The highest BCUT2D eigenvalue weighted by Crippen LogP contribution is 2.38. The van der Waals surface area contributed by atoms with E-state index in [1.54, 1.807) is 20.8 Å². The summed E-state index contributed by atoms with van der Waals surface area (Å²) in [4.78, 5) is 37.5. The highest BCUT2D eigenvalue weighted by atomic mass is 32.2. The maximum atomic E-state index is 13.4. The van der Waals surface area contributed by atoms with Gasteiger partial charge in [0.05, 0.1) is 6.04 Å². The number of carbonyl (C=O) groups is 3. The van der Waals surface area contributed by atoms with E-state index in [4.69, 9.17) is 4.74 Å². The molecule has 0 aromatic carbocycles. The summed E-state index contributed by atoms with van der Waals surface area (Å²) in [5, 5.41) is 17.5. The molecule has 2 fully saturated rings. The second kappa shape index (κ2) is 12.5. The fourth-order valence-electron chi connectivity index (χ4n) is 4.59. The maximum absolute atomic E-state index is 13.4. The molecule has 0 aromatic rings. The van der Waals surface area contributed by atoms with Crippen LogP contribution in [0.2, 0.25) is 0 Å². The lowest BCUT2D eigenvalue weighted by atomic mass is 9.84. The van der Waals surface area contributed by atoms with Gasteiger partial charge in [0.2, 0.25) is 23.2 Å². The van der Waals surface area contributed by atoms with E-state index in [0.717, 1.165) is 0 Å². The Morgan fingerprint density at radius 1 is 1.17 bits per heavy atom. The number of nitrogens with one attached hydrogen (secondary N) is 3. The van der Waals surface area contributed by atoms with Crippen molar-refractivity contribution < 1.29 is 46.0 Å². The monoisotopic (exact) mass is 541 g/mol. The van der Waals surface area contributed by atoms with E-state index in [2.05, 4.69) is 16.0 Å². The third-order valence-electron chi connectivity index (χ3n) is 6.71. The van der Waals surface area contributed by atoms with Crippen molar-refractivity contribution in [3.8, 4) is 0 Å². The van der Waals surface area contributed by atoms with Crippen LogP contribution in [-0.4, -0.2) is 72.1 Å². The summed E-state index contributed by atoms with van der Waals surface area (Å²) in [5.74, 6) is -4.95. The molecule has 0 spiro atoms. The van der Waals surface area contributed by atoms with Crippen LogP contribution >= 0.6 is 0 Å². The highest BCUT2D eigenvalue weighted by molar-refractivity contribution is 7.86. The van der Waals surface area contributed by atoms with Crippen LogP contribution in [0.1, 0.15) is 65.7 Å². The molecule has 5 N–H and O–H groups in total. The Bertz CT molecular complexity index is 892. The maximum Gasteiger partial charge on any atom is 0.408 e. The lowest BCUT2D eigenvalue weighted by Crippen LogP contribution is -2.55. The Hall–Kier alpha value is -2.06. The molecule has 1 aliphatic heterocycles. The molecule has 0 unspecified atom stereocenters. The number of aliphatic hydroxyl groups excluding tert-OH is 1. The van der Waals surface area contributed by atoms with E-state index in [1.165, 1.54) is 0 Å². The Morgan fingerprint density at radius 3 is 2.28 bits per heavy atom. The second-order valence-electron chi connectivity index (χ2n) is 10.2. The summed E-state index contributed by atoms with van der Waals surface area (Å²) in [7, 11) is -4.97. The number of ether oxygens (including phenoxy) is 1. The summed E-state index contributed by atoms with van der Waals surface area (Å²) in [5.41, 5.74) is -2.38. The van der Waals surface area contributed by atoms with Crippen LogP contribution in [0, 0.1) is 17.8 Å². The van der Waals surface area contributed by atoms with Crippen LogP contribution in [0.3, 0.4) is 0 Å². The average Bonchev–Trinajstić information content (AvgIpc) is 3.15. The van der Waals surface area contributed by atoms with Crippen LogP contribution in [0.4, 0.5) is 13.6 Å². The standard InChI is InChI=1S/C22H37F2N3O8S/c1-12(2)10-16(27-21(31)35-13(3)14-4-7-22(23,24)8-5-14)19(29)26-17(20(30)36(32,33)34)11-15-6-9-25-18(15)28/h12-17,20,30H,4-11H2,1-3H3,(H,25,28)(H,26,29)(H,27,31)(H,32,33,34)/t13-,15-,16-,17-,20-/m0/s1. The molecule has 14 heteroatoms. The predicted octanol–water partition coefficient (Wildman–Crippen LogP) is 1.56. The first-order valence-corrected chi connectivity index (χ1v) is 13.7. The summed E-state index contributed by atoms with van der Waals surface area (Å²) >= 11 is 0. The molecule has 1 heterocycles. The van der Waals surface area contributed by atoms with Crippen molar-refractivity contribution in [1.82, 2.24) is 16.0 Å². The fourth-order valence-corrected chi connectivity index (χ4v) is 5.18. The van der Waals surface area contributed by atoms with Gasteiger partial charge in [-0.05, 0) is 50.9 Å². The first-order chi connectivity index (χ1) is 16.6. The average molecular weight is 542 g/mol. The van der Waals surface area contributed by atoms with Crippen molar-refractivity contribution in [3.63, 3.8) is 0 Å². The second-order valence-corrected chi connectivity index (χ2v) is 11.7. The number of alkyl carbamates (subject to hydrolysis) is 1. The molecule has 5 atom stereocenters. The van der Waals surface area contributed by atoms with E-state index in [-0.39, 0.29) is 56.3 Å². The lowest BCUT2D eigenvalue weighted by molar-refractivity contribution is -0.126. The summed E-state index contributed by atoms with van der Waals surface area (Å²) in [6, 6.07) is -2.70.